The fourth-order valence-electron chi connectivity index (χ4n) is 3.52. The van der Waals surface area contributed by atoms with E-state index < -0.39 is 17.6 Å². The molecule has 1 aliphatic rings. The summed E-state index contributed by atoms with van der Waals surface area (Å²) in [4.78, 5) is 26.1. The molecule has 1 aliphatic heterocycles. The van der Waals surface area contributed by atoms with Crippen molar-refractivity contribution < 1.29 is 19.4 Å². The van der Waals surface area contributed by atoms with Gasteiger partial charge < -0.3 is 9.84 Å². The van der Waals surface area contributed by atoms with E-state index in [1.807, 2.05) is 31.2 Å². The van der Waals surface area contributed by atoms with E-state index in [2.05, 4.69) is 0 Å². The summed E-state index contributed by atoms with van der Waals surface area (Å²) >= 11 is 5.90. The van der Waals surface area contributed by atoms with Gasteiger partial charge in [0.25, 0.3) is 5.91 Å². The maximum Gasteiger partial charge on any atom is 0.304 e. The molecule has 2 atom stereocenters. The highest BCUT2D eigenvalue weighted by atomic mass is 35.5. The van der Waals surface area contributed by atoms with Crippen molar-refractivity contribution in [1.82, 2.24) is 0 Å². The standard InChI is InChI=1S/C19H18ClNO4/c1-19(11-16(22)23)14-5-3-4-6-15(14)21(18(19)25-2)17(24)12-7-9-13(20)10-8-12/h3-10,18H,11H2,1-2H3,(H,22,23). The maximum absolute atomic E-state index is 13.1. The van der Waals surface area contributed by atoms with Gasteiger partial charge in [-0.05, 0) is 35.9 Å². The van der Waals surface area contributed by atoms with Gasteiger partial charge in [0.2, 0.25) is 0 Å². The first-order valence-corrected chi connectivity index (χ1v) is 8.19. The van der Waals surface area contributed by atoms with Crippen LogP contribution in [-0.4, -0.2) is 30.3 Å². The molecular formula is C19H18ClNO4. The summed E-state index contributed by atoms with van der Waals surface area (Å²) in [6.07, 6.45) is -0.864. The monoisotopic (exact) mass is 359 g/mol. The minimum atomic E-state index is -0.944. The molecule has 0 spiro atoms. The Morgan fingerprint density at radius 3 is 2.44 bits per heavy atom. The fourth-order valence-corrected chi connectivity index (χ4v) is 3.65. The molecule has 2 aromatic rings. The van der Waals surface area contributed by atoms with Gasteiger partial charge in [-0.3, -0.25) is 14.5 Å². The number of para-hydroxylation sites is 1. The molecule has 0 aromatic heterocycles. The number of carboxylic acid groups (broad SMARTS) is 1. The zero-order valence-corrected chi connectivity index (χ0v) is 14.7. The van der Waals surface area contributed by atoms with Crippen molar-refractivity contribution in [3.8, 4) is 0 Å². The van der Waals surface area contributed by atoms with Crippen LogP contribution in [0.25, 0.3) is 0 Å². The zero-order valence-electron chi connectivity index (χ0n) is 13.9. The number of halogens is 1. The number of carbonyl (C=O) groups excluding carboxylic acids is 1. The molecule has 0 aliphatic carbocycles. The van der Waals surface area contributed by atoms with Crippen LogP contribution in [0.15, 0.2) is 48.5 Å². The third kappa shape index (κ3) is 2.90. The third-order valence-corrected chi connectivity index (χ3v) is 4.86. The van der Waals surface area contributed by atoms with Crippen molar-refractivity contribution >= 4 is 29.2 Å². The third-order valence-electron chi connectivity index (χ3n) is 4.61. The van der Waals surface area contributed by atoms with Gasteiger partial charge in [0.05, 0.1) is 17.5 Å². The molecule has 1 N–H and O–H groups in total. The van der Waals surface area contributed by atoms with Crippen LogP contribution >= 0.6 is 11.6 Å². The van der Waals surface area contributed by atoms with Gasteiger partial charge in [0.15, 0.2) is 0 Å². The number of methoxy groups -OCH3 is 1. The van der Waals surface area contributed by atoms with Crippen LogP contribution in [0.2, 0.25) is 5.02 Å². The summed E-state index contributed by atoms with van der Waals surface area (Å²) < 4.78 is 5.60. The summed E-state index contributed by atoms with van der Waals surface area (Å²) in [5, 5.41) is 9.92. The summed E-state index contributed by atoms with van der Waals surface area (Å²) in [7, 11) is 1.48. The number of benzene rings is 2. The Bertz CT molecular complexity index is 820. The fraction of sp³-hybridized carbons (Fsp3) is 0.263. The van der Waals surface area contributed by atoms with Crippen LogP contribution in [0.3, 0.4) is 0 Å². The molecule has 6 heteroatoms. The molecule has 0 saturated heterocycles. The second-order valence-corrected chi connectivity index (χ2v) is 6.71. The SMILES string of the molecule is COC1N(C(=O)c2ccc(Cl)cc2)c2ccccc2C1(C)CC(=O)O. The van der Waals surface area contributed by atoms with Crippen LogP contribution in [0, 0.1) is 0 Å². The summed E-state index contributed by atoms with van der Waals surface area (Å²) in [6, 6.07) is 13.9. The van der Waals surface area contributed by atoms with Crippen molar-refractivity contribution in [3.05, 3.63) is 64.7 Å². The van der Waals surface area contributed by atoms with Gasteiger partial charge in [-0.2, -0.15) is 0 Å². The smallest absolute Gasteiger partial charge is 0.304 e. The van der Waals surface area contributed by atoms with Gasteiger partial charge in [-0.15, -0.1) is 0 Å². The minimum absolute atomic E-state index is 0.146. The number of fused-ring (bicyclic) bond motifs is 1. The lowest BCUT2D eigenvalue weighted by Crippen LogP contribution is -2.48. The number of nitrogens with zero attached hydrogens (tertiary/aromatic N) is 1. The lowest BCUT2D eigenvalue weighted by molar-refractivity contribution is -0.139. The van der Waals surface area contributed by atoms with Crippen molar-refractivity contribution in [2.24, 2.45) is 0 Å². The van der Waals surface area contributed by atoms with Crippen LogP contribution in [0.4, 0.5) is 5.69 Å². The van der Waals surface area contributed by atoms with Crippen molar-refractivity contribution in [2.75, 3.05) is 12.0 Å². The Hall–Kier alpha value is -2.37. The molecule has 1 amide bonds. The number of carboxylic acids is 1. The highest BCUT2D eigenvalue weighted by Gasteiger charge is 2.51. The van der Waals surface area contributed by atoms with E-state index in [1.54, 1.807) is 24.3 Å². The van der Waals surface area contributed by atoms with E-state index in [0.717, 1.165) is 5.56 Å². The number of anilines is 1. The maximum atomic E-state index is 13.1. The second kappa shape index (κ2) is 6.50. The van der Waals surface area contributed by atoms with E-state index in [4.69, 9.17) is 16.3 Å². The first-order chi connectivity index (χ1) is 11.9. The predicted molar refractivity (Wildman–Crippen MR) is 95.1 cm³/mol. The van der Waals surface area contributed by atoms with Crippen LogP contribution < -0.4 is 4.90 Å². The van der Waals surface area contributed by atoms with Gasteiger partial charge in [-0.25, -0.2) is 0 Å². The molecule has 1 heterocycles. The summed E-state index contributed by atoms with van der Waals surface area (Å²) in [5.74, 6) is -1.20. The lowest BCUT2D eigenvalue weighted by atomic mass is 9.80. The second-order valence-electron chi connectivity index (χ2n) is 6.28. The number of hydrogen-bond donors (Lipinski definition) is 1. The summed E-state index contributed by atoms with van der Waals surface area (Å²) in [6.45, 7) is 1.81. The van der Waals surface area contributed by atoms with Gasteiger partial charge in [-0.1, -0.05) is 36.7 Å². The number of carbonyl (C=O) groups is 2. The highest BCUT2D eigenvalue weighted by Crippen LogP contribution is 2.48. The topological polar surface area (TPSA) is 66.8 Å². The van der Waals surface area contributed by atoms with Crippen LogP contribution in [0.1, 0.15) is 29.3 Å². The number of aliphatic carboxylic acids is 1. The number of amides is 1. The van der Waals surface area contributed by atoms with Crippen molar-refractivity contribution in [3.63, 3.8) is 0 Å². The Morgan fingerprint density at radius 1 is 1.20 bits per heavy atom. The van der Waals surface area contributed by atoms with Crippen LogP contribution in [-0.2, 0) is 14.9 Å². The van der Waals surface area contributed by atoms with Crippen molar-refractivity contribution in [2.45, 2.75) is 25.0 Å². The van der Waals surface area contributed by atoms with E-state index in [-0.39, 0.29) is 12.3 Å². The highest BCUT2D eigenvalue weighted by molar-refractivity contribution is 6.30. The van der Waals surface area contributed by atoms with E-state index >= 15 is 0 Å². The Morgan fingerprint density at radius 2 is 1.84 bits per heavy atom. The van der Waals surface area contributed by atoms with E-state index in [9.17, 15) is 14.7 Å². The summed E-state index contributed by atoms with van der Waals surface area (Å²) in [5.41, 5.74) is 1.06. The quantitative estimate of drug-likeness (QED) is 0.903. The molecule has 3 rings (SSSR count). The largest absolute Gasteiger partial charge is 0.481 e. The van der Waals surface area contributed by atoms with Gasteiger partial charge >= 0.3 is 5.97 Å². The normalized spacial score (nSPS) is 21.9. The molecule has 0 radical (unpaired) electrons. The predicted octanol–water partition coefficient (Wildman–Crippen LogP) is 3.71. The minimum Gasteiger partial charge on any atom is -0.481 e. The first-order valence-electron chi connectivity index (χ1n) is 7.81. The molecule has 0 bridgehead atoms. The molecule has 0 saturated carbocycles. The first kappa shape index (κ1) is 17.5. The number of ether oxygens (including phenoxy) is 1. The molecule has 25 heavy (non-hydrogen) atoms. The molecular weight excluding hydrogens is 342 g/mol. The van der Waals surface area contributed by atoms with E-state index in [1.165, 1.54) is 12.0 Å². The molecule has 2 aromatic carbocycles. The Balaban J connectivity index is 2.11. The molecule has 0 fully saturated rings. The average Bonchev–Trinajstić information content (AvgIpc) is 2.83. The average molecular weight is 360 g/mol. The van der Waals surface area contributed by atoms with Crippen molar-refractivity contribution in [1.29, 1.82) is 0 Å². The van der Waals surface area contributed by atoms with Gasteiger partial charge in [0.1, 0.15) is 6.23 Å². The molecule has 130 valence electrons. The lowest BCUT2D eigenvalue weighted by Gasteiger charge is -2.33. The molecule has 2 unspecified atom stereocenters. The molecule has 5 nitrogen and oxygen atoms in total. The van der Waals surface area contributed by atoms with Gasteiger partial charge in [0, 0.05) is 17.7 Å². The van der Waals surface area contributed by atoms with Crippen LogP contribution in [0.5, 0.6) is 0 Å². The zero-order chi connectivity index (χ0) is 18.2. The Labute approximate surface area is 150 Å². The number of rotatable bonds is 4. The number of hydrogen-bond acceptors (Lipinski definition) is 3. The van der Waals surface area contributed by atoms with E-state index in [0.29, 0.717) is 16.3 Å². The Kier molecular flexibility index (Phi) is 4.54.